The number of amides is 2. The summed E-state index contributed by atoms with van der Waals surface area (Å²) in [6.45, 7) is 1.71. The molecule has 2 aromatic rings. The zero-order chi connectivity index (χ0) is 18.2. The van der Waals surface area contributed by atoms with E-state index in [1.165, 1.54) is 12.8 Å². The van der Waals surface area contributed by atoms with Crippen molar-refractivity contribution in [3.8, 4) is 11.3 Å². The Morgan fingerprint density at radius 2 is 1.81 bits per heavy atom. The number of likely N-dealkylation sites (tertiary alicyclic amines) is 1. The van der Waals surface area contributed by atoms with Crippen LogP contribution in [0.3, 0.4) is 0 Å². The van der Waals surface area contributed by atoms with Crippen molar-refractivity contribution in [2.45, 2.75) is 44.9 Å². The number of aromatic nitrogens is 3. The minimum absolute atomic E-state index is 0.124. The number of nitrogens with one attached hydrogen (secondary N) is 2. The van der Waals surface area contributed by atoms with Gasteiger partial charge in [0.15, 0.2) is 5.82 Å². The van der Waals surface area contributed by atoms with Crippen LogP contribution in [0.5, 0.6) is 0 Å². The fourth-order valence-corrected chi connectivity index (χ4v) is 3.15. The van der Waals surface area contributed by atoms with Crippen LogP contribution in [0.1, 0.15) is 44.9 Å². The van der Waals surface area contributed by atoms with Crippen molar-refractivity contribution in [3.05, 3.63) is 30.6 Å². The van der Waals surface area contributed by atoms with Gasteiger partial charge in [-0.2, -0.15) is 5.10 Å². The summed E-state index contributed by atoms with van der Waals surface area (Å²) in [5.74, 6) is 0.529. The third-order valence-corrected chi connectivity index (χ3v) is 4.59. The Labute approximate surface area is 153 Å². The van der Waals surface area contributed by atoms with Crippen LogP contribution in [0.2, 0.25) is 0 Å². The molecule has 0 aliphatic carbocycles. The Morgan fingerprint density at radius 3 is 2.54 bits per heavy atom. The van der Waals surface area contributed by atoms with Crippen LogP contribution in [-0.4, -0.2) is 45.0 Å². The van der Waals surface area contributed by atoms with Crippen LogP contribution >= 0.6 is 0 Å². The highest BCUT2D eigenvalue weighted by Crippen LogP contribution is 2.19. The summed E-state index contributed by atoms with van der Waals surface area (Å²) in [5.41, 5.74) is 1.77. The van der Waals surface area contributed by atoms with Crippen molar-refractivity contribution in [2.75, 3.05) is 18.4 Å². The number of nitrogens with zero attached hydrogens (tertiary/aromatic N) is 3. The Balaban J connectivity index is 1.41. The quantitative estimate of drug-likeness (QED) is 0.833. The second-order valence-corrected chi connectivity index (χ2v) is 6.60. The SMILES string of the molecule is O=C(CCCC(=O)N1CCCCCC1)Nc1cc(-c2ccncc2)[nH]n1. The van der Waals surface area contributed by atoms with Crippen molar-refractivity contribution in [1.82, 2.24) is 20.1 Å². The number of hydrogen-bond donors (Lipinski definition) is 2. The molecular formula is C19H25N5O2. The van der Waals surface area contributed by atoms with Crippen LogP contribution in [-0.2, 0) is 9.59 Å². The first-order chi connectivity index (χ1) is 12.7. The molecule has 2 aromatic heterocycles. The third kappa shape index (κ3) is 5.15. The number of H-pyrrole nitrogens is 1. The number of hydrogen-bond acceptors (Lipinski definition) is 4. The van der Waals surface area contributed by atoms with E-state index < -0.39 is 0 Å². The highest BCUT2D eigenvalue weighted by molar-refractivity contribution is 5.90. The summed E-state index contributed by atoms with van der Waals surface area (Å²) in [6, 6.07) is 5.52. The van der Waals surface area contributed by atoms with Crippen LogP contribution < -0.4 is 5.32 Å². The van der Waals surface area contributed by atoms with Gasteiger partial charge in [0.25, 0.3) is 0 Å². The molecule has 3 heterocycles. The Kier molecular flexibility index (Phi) is 6.35. The number of rotatable bonds is 6. The van der Waals surface area contributed by atoms with E-state index in [2.05, 4.69) is 20.5 Å². The van der Waals surface area contributed by atoms with Crippen molar-refractivity contribution < 1.29 is 9.59 Å². The lowest BCUT2D eigenvalue weighted by atomic mass is 10.2. The van der Waals surface area contributed by atoms with E-state index in [0.29, 0.717) is 25.1 Å². The van der Waals surface area contributed by atoms with Gasteiger partial charge in [0.1, 0.15) is 0 Å². The van der Waals surface area contributed by atoms with Gasteiger partial charge in [-0.15, -0.1) is 0 Å². The molecule has 0 unspecified atom stereocenters. The second-order valence-electron chi connectivity index (χ2n) is 6.60. The van der Waals surface area contributed by atoms with Crippen LogP contribution in [0.25, 0.3) is 11.3 Å². The highest BCUT2D eigenvalue weighted by Gasteiger charge is 2.15. The summed E-state index contributed by atoms with van der Waals surface area (Å²) in [4.78, 5) is 30.2. The van der Waals surface area contributed by atoms with E-state index in [4.69, 9.17) is 0 Å². The summed E-state index contributed by atoms with van der Waals surface area (Å²) in [7, 11) is 0. The summed E-state index contributed by atoms with van der Waals surface area (Å²) in [5, 5.41) is 9.78. The van der Waals surface area contributed by atoms with Crippen molar-refractivity contribution in [2.24, 2.45) is 0 Å². The number of anilines is 1. The van der Waals surface area contributed by atoms with Gasteiger partial charge in [-0.25, -0.2) is 0 Å². The normalized spacial score (nSPS) is 14.7. The van der Waals surface area contributed by atoms with Crippen LogP contribution in [0.15, 0.2) is 30.6 Å². The topological polar surface area (TPSA) is 91.0 Å². The molecule has 26 heavy (non-hydrogen) atoms. The minimum atomic E-state index is -0.124. The highest BCUT2D eigenvalue weighted by atomic mass is 16.2. The number of carbonyl (C=O) groups excluding carboxylic acids is 2. The molecule has 3 rings (SSSR count). The van der Waals surface area contributed by atoms with E-state index in [1.807, 2.05) is 17.0 Å². The van der Waals surface area contributed by atoms with Crippen molar-refractivity contribution >= 4 is 17.6 Å². The molecule has 0 bridgehead atoms. The average Bonchev–Trinajstić information content (AvgIpc) is 2.94. The molecule has 7 heteroatoms. The zero-order valence-corrected chi connectivity index (χ0v) is 14.9. The lowest BCUT2D eigenvalue weighted by Crippen LogP contribution is -2.31. The Hall–Kier alpha value is -2.70. The molecule has 0 saturated carbocycles. The van der Waals surface area contributed by atoms with Crippen LogP contribution in [0, 0.1) is 0 Å². The lowest BCUT2D eigenvalue weighted by Gasteiger charge is -2.20. The number of carbonyl (C=O) groups is 2. The molecular weight excluding hydrogens is 330 g/mol. The molecule has 1 aliphatic heterocycles. The van der Waals surface area contributed by atoms with Gasteiger partial charge in [0, 0.05) is 50.0 Å². The maximum absolute atomic E-state index is 12.2. The standard InChI is InChI=1S/C19H25N5O2/c25-18(6-5-7-19(26)24-12-3-1-2-4-13-24)21-17-14-16(22-23-17)15-8-10-20-11-9-15/h8-11,14H,1-7,12-13H2,(H2,21,22,23,25). The molecule has 0 spiro atoms. The Morgan fingerprint density at radius 1 is 1.08 bits per heavy atom. The fraction of sp³-hybridized carbons (Fsp3) is 0.474. The monoisotopic (exact) mass is 355 g/mol. The third-order valence-electron chi connectivity index (χ3n) is 4.59. The average molecular weight is 355 g/mol. The first-order valence-corrected chi connectivity index (χ1v) is 9.26. The van der Waals surface area contributed by atoms with Gasteiger partial charge in [-0.05, 0) is 31.4 Å². The molecule has 2 N–H and O–H groups in total. The number of pyridine rings is 1. The van der Waals surface area contributed by atoms with Gasteiger partial charge in [0.05, 0.1) is 5.69 Å². The van der Waals surface area contributed by atoms with Crippen molar-refractivity contribution in [3.63, 3.8) is 0 Å². The first kappa shape index (κ1) is 18.1. The molecule has 0 aromatic carbocycles. The van der Waals surface area contributed by atoms with Crippen LogP contribution in [0.4, 0.5) is 5.82 Å². The molecule has 0 radical (unpaired) electrons. The maximum Gasteiger partial charge on any atom is 0.225 e. The largest absolute Gasteiger partial charge is 0.343 e. The van der Waals surface area contributed by atoms with Gasteiger partial charge >= 0.3 is 0 Å². The Bertz CT molecular complexity index is 721. The number of aromatic amines is 1. The van der Waals surface area contributed by atoms with E-state index in [1.54, 1.807) is 18.5 Å². The lowest BCUT2D eigenvalue weighted by molar-refractivity contribution is -0.131. The molecule has 138 valence electrons. The van der Waals surface area contributed by atoms with E-state index in [9.17, 15) is 9.59 Å². The first-order valence-electron chi connectivity index (χ1n) is 9.26. The fourth-order valence-electron chi connectivity index (χ4n) is 3.15. The molecule has 1 fully saturated rings. The molecule has 2 amide bonds. The van der Waals surface area contributed by atoms with E-state index in [0.717, 1.165) is 37.2 Å². The minimum Gasteiger partial charge on any atom is -0.343 e. The molecule has 1 aliphatic rings. The van der Waals surface area contributed by atoms with Crippen molar-refractivity contribution in [1.29, 1.82) is 0 Å². The maximum atomic E-state index is 12.2. The summed E-state index contributed by atoms with van der Waals surface area (Å²) >= 11 is 0. The predicted molar refractivity (Wildman–Crippen MR) is 99.3 cm³/mol. The predicted octanol–water partition coefficient (Wildman–Crippen LogP) is 2.98. The smallest absolute Gasteiger partial charge is 0.225 e. The van der Waals surface area contributed by atoms with Gasteiger partial charge in [0.2, 0.25) is 11.8 Å². The van der Waals surface area contributed by atoms with E-state index >= 15 is 0 Å². The van der Waals surface area contributed by atoms with E-state index in [-0.39, 0.29) is 11.8 Å². The van der Waals surface area contributed by atoms with Gasteiger partial charge in [-0.3, -0.25) is 19.7 Å². The molecule has 7 nitrogen and oxygen atoms in total. The molecule has 1 saturated heterocycles. The van der Waals surface area contributed by atoms with Gasteiger partial charge in [-0.1, -0.05) is 12.8 Å². The zero-order valence-electron chi connectivity index (χ0n) is 14.9. The molecule has 0 atom stereocenters. The van der Waals surface area contributed by atoms with Gasteiger partial charge < -0.3 is 10.2 Å². The summed E-state index contributed by atoms with van der Waals surface area (Å²) < 4.78 is 0. The second kappa shape index (κ2) is 9.12. The summed E-state index contributed by atoms with van der Waals surface area (Å²) in [6.07, 6.45) is 9.30.